The van der Waals surface area contributed by atoms with E-state index in [1.165, 1.54) is 0 Å². The maximum atomic E-state index is 11.9. The lowest BCUT2D eigenvalue weighted by Gasteiger charge is -2.38. The van der Waals surface area contributed by atoms with Crippen molar-refractivity contribution >= 4 is 5.91 Å². The molecule has 1 atom stereocenters. The maximum Gasteiger partial charge on any atom is 0.238 e. The fourth-order valence-corrected chi connectivity index (χ4v) is 2.68. The summed E-state index contributed by atoms with van der Waals surface area (Å²) in [5.41, 5.74) is 4.99. The molecule has 0 spiro atoms. The van der Waals surface area contributed by atoms with Crippen LogP contribution in [-0.4, -0.2) is 55.2 Å². The van der Waals surface area contributed by atoms with Crippen molar-refractivity contribution in [1.82, 2.24) is 10.2 Å². The van der Waals surface area contributed by atoms with Gasteiger partial charge in [0, 0.05) is 32.3 Å². The third-order valence-corrected chi connectivity index (χ3v) is 4.20. The predicted octanol–water partition coefficient (Wildman–Crippen LogP) is 1.12. The Kier molecular flexibility index (Phi) is 6.92. The Morgan fingerprint density at radius 1 is 1.45 bits per heavy atom. The zero-order valence-corrected chi connectivity index (χ0v) is 13.4. The lowest BCUT2D eigenvalue weighted by Crippen LogP contribution is -2.61. The molecule has 0 saturated heterocycles. The van der Waals surface area contributed by atoms with Gasteiger partial charge in [-0.1, -0.05) is 13.8 Å². The van der Waals surface area contributed by atoms with Crippen LogP contribution in [0.1, 0.15) is 46.5 Å². The second-order valence-corrected chi connectivity index (χ2v) is 6.05. The number of hydrogen-bond acceptors (Lipinski definition) is 4. The number of ether oxygens (including phenoxy) is 1. The molecule has 1 aliphatic carbocycles. The SMILES string of the molecule is CCC(CC)N(CCOC)CC(C)(NC1CC1)C(N)=O. The topological polar surface area (TPSA) is 67.6 Å². The Bertz CT molecular complexity index is 303. The highest BCUT2D eigenvalue weighted by Crippen LogP contribution is 2.24. The summed E-state index contributed by atoms with van der Waals surface area (Å²) in [5, 5.41) is 3.42. The molecule has 1 unspecified atom stereocenters. The minimum Gasteiger partial charge on any atom is -0.383 e. The van der Waals surface area contributed by atoms with Crippen LogP contribution in [-0.2, 0) is 9.53 Å². The molecule has 1 rings (SSSR count). The first-order valence-corrected chi connectivity index (χ1v) is 7.77. The molecule has 1 amide bonds. The normalized spacial score (nSPS) is 18.5. The van der Waals surface area contributed by atoms with E-state index in [0.29, 0.717) is 25.2 Å². The van der Waals surface area contributed by atoms with Crippen molar-refractivity contribution in [1.29, 1.82) is 0 Å². The largest absolute Gasteiger partial charge is 0.383 e. The summed E-state index contributed by atoms with van der Waals surface area (Å²) in [6, 6.07) is 0.920. The van der Waals surface area contributed by atoms with Crippen molar-refractivity contribution in [3.63, 3.8) is 0 Å². The van der Waals surface area contributed by atoms with E-state index in [-0.39, 0.29) is 5.91 Å². The van der Waals surface area contributed by atoms with E-state index < -0.39 is 5.54 Å². The predicted molar refractivity (Wildman–Crippen MR) is 81.6 cm³/mol. The lowest BCUT2D eigenvalue weighted by atomic mass is 9.98. The Morgan fingerprint density at radius 3 is 2.45 bits per heavy atom. The highest BCUT2D eigenvalue weighted by molar-refractivity contribution is 5.84. The summed E-state index contributed by atoms with van der Waals surface area (Å²) >= 11 is 0. The number of nitrogens with two attached hydrogens (primary N) is 1. The van der Waals surface area contributed by atoms with Crippen LogP contribution >= 0.6 is 0 Å². The number of carbonyl (C=O) groups excluding carboxylic acids is 1. The summed E-state index contributed by atoms with van der Waals surface area (Å²) in [5.74, 6) is -0.266. The summed E-state index contributed by atoms with van der Waals surface area (Å²) in [7, 11) is 1.71. The molecule has 1 aliphatic rings. The number of carbonyl (C=O) groups is 1. The third kappa shape index (κ3) is 5.04. The van der Waals surface area contributed by atoms with Gasteiger partial charge in [-0.2, -0.15) is 0 Å². The van der Waals surface area contributed by atoms with E-state index in [2.05, 4.69) is 24.1 Å². The minimum absolute atomic E-state index is 0.266. The van der Waals surface area contributed by atoms with Crippen molar-refractivity contribution in [2.45, 2.75) is 64.1 Å². The quantitative estimate of drug-likeness (QED) is 0.597. The van der Waals surface area contributed by atoms with Gasteiger partial charge in [-0.05, 0) is 32.6 Å². The lowest BCUT2D eigenvalue weighted by molar-refractivity contribution is -0.125. The van der Waals surface area contributed by atoms with Crippen LogP contribution in [0.25, 0.3) is 0 Å². The number of methoxy groups -OCH3 is 1. The number of rotatable bonds is 11. The Balaban J connectivity index is 2.73. The average Bonchev–Trinajstić information content (AvgIpc) is 3.20. The van der Waals surface area contributed by atoms with Gasteiger partial charge in [-0.3, -0.25) is 15.0 Å². The molecule has 1 saturated carbocycles. The van der Waals surface area contributed by atoms with Gasteiger partial charge in [0.05, 0.1) is 6.61 Å². The molecule has 3 N–H and O–H groups in total. The molecule has 5 heteroatoms. The molecule has 0 bridgehead atoms. The van der Waals surface area contributed by atoms with Crippen LogP contribution in [0.2, 0.25) is 0 Å². The van der Waals surface area contributed by atoms with Crippen molar-refractivity contribution in [2.75, 3.05) is 26.8 Å². The zero-order valence-electron chi connectivity index (χ0n) is 13.4. The van der Waals surface area contributed by atoms with Crippen molar-refractivity contribution in [2.24, 2.45) is 5.73 Å². The first-order valence-electron chi connectivity index (χ1n) is 7.77. The van der Waals surface area contributed by atoms with Crippen LogP contribution < -0.4 is 11.1 Å². The van der Waals surface area contributed by atoms with E-state index in [9.17, 15) is 4.79 Å². The van der Waals surface area contributed by atoms with Gasteiger partial charge in [-0.15, -0.1) is 0 Å². The molecule has 0 radical (unpaired) electrons. The average molecular weight is 285 g/mol. The van der Waals surface area contributed by atoms with Gasteiger partial charge >= 0.3 is 0 Å². The summed E-state index contributed by atoms with van der Waals surface area (Å²) in [6.07, 6.45) is 4.43. The molecule has 1 fully saturated rings. The third-order valence-electron chi connectivity index (χ3n) is 4.20. The number of amides is 1. The van der Waals surface area contributed by atoms with Gasteiger partial charge < -0.3 is 10.5 Å². The van der Waals surface area contributed by atoms with Gasteiger partial charge in [0.15, 0.2) is 0 Å². The van der Waals surface area contributed by atoms with Crippen LogP contribution in [0.15, 0.2) is 0 Å². The molecule has 5 nitrogen and oxygen atoms in total. The number of hydrogen-bond donors (Lipinski definition) is 2. The van der Waals surface area contributed by atoms with E-state index in [1.807, 2.05) is 6.92 Å². The van der Waals surface area contributed by atoms with Crippen molar-refractivity contribution < 1.29 is 9.53 Å². The van der Waals surface area contributed by atoms with Crippen LogP contribution in [0.4, 0.5) is 0 Å². The van der Waals surface area contributed by atoms with Crippen LogP contribution in [0, 0.1) is 0 Å². The summed E-state index contributed by atoms with van der Waals surface area (Å²) < 4.78 is 5.20. The standard InChI is InChI=1S/C15H31N3O2/c1-5-13(6-2)18(9-10-20-4)11-15(3,14(16)19)17-12-7-8-12/h12-13,17H,5-11H2,1-4H3,(H2,16,19). The first-order chi connectivity index (χ1) is 9.46. The molecule has 0 aromatic heterocycles. The number of nitrogens with zero attached hydrogens (tertiary/aromatic N) is 1. The number of nitrogens with one attached hydrogen (secondary N) is 1. The molecule has 0 aliphatic heterocycles. The number of primary amides is 1. The maximum absolute atomic E-state index is 11.9. The second-order valence-electron chi connectivity index (χ2n) is 6.05. The smallest absolute Gasteiger partial charge is 0.238 e. The second kappa shape index (κ2) is 7.96. The molecule has 0 aromatic rings. The van der Waals surface area contributed by atoms with Gasteiger partial charge in [0.2, 0.25) is 5.91 Å². The van der Waals surface area contributed by atoms with Gasteiger partial charge in [0.25, 0.3) is 0 Å². The monoisotopic (exact) mass is 285 g/mol. The molecule has 118 valence electrons. The molecule has 0 aromatic carbocycles. The Morgan fingerprint density at radius 2 is 2.05 bits per heavy atom. The van der Waals surface area contributed by atoms with E-state index in [0.717, 1.165) is 32.2 Å². The van der Waals surface area contributed by atoms with Crippen molar-refractivity contribution in [3.8, 4) is 0 Å². The Labute approximate surface area is 123 Å². The summed E-state index contributed by atoms with van der Waals surface area (Å²) in [4.78, 5) is 14.2. The summed E-state index contributed by atoms with van der Waals surface area (Å²) in [6.45, 7) is 8.45. The van der Waals surface area contributed by atoms with Crippen LogP contribution in [0.5, 0.6) is 0 Å². The van der Waals surface area contributed by atoms with Gasteiger partial charge in [0.1, 0.15) is 5.54 Å². The molecular weight excluding hydrogens is 254 g/mol. The van der Waals surface area contributed by atoms with Crippen LogP contribution in [0.3, 0.4) is 0 Å². The van der Waals surface area contributed by atoms with E-state index >= 15 is 0 Å². The molecule has 0 heterocycles. The minimum atomic E-state index is -0.655. The molecule has 20 heavy (non-hydrogen) atoms. The van der Waals surface area contributed by atoms with E-state index in [4.69, 9.17) is 10.5 Å². The first kappa shape index (κ1) is 17.4. The zero-order chi connectivity index (χ0) is 15.2. The molecular formula is C15H31N3O2. The van der Waals surface area contributed by atoms with Gasteiger partial charge in [-0.25, -0.2) is 0 Å². The fraction of sp³-hybridized carbons (Fsp3) is 0.933. The van der Waals surface area contributed by atoms with Crippen molar-refractivity contribution in [3.05, 3.63) is 0 Å². The Hall–Kier alpha value is -0.650. The highest BCUT2D eigenvalue weighted by atomic mass is 16.5. The van der Waals surface area contributed by atoms with E-state index in [1.54, 1.807) is 7.11 Å². The highest BCUT2D eigenvalue weighted by Gasteiger charge is 2.39. The fourth-order valence-electron chi connectivity index (χ4n) is 2.68.